The summed E-state index contributed by atoms with van der Waals surface area (Å²) < 4.78 is 1.58. The number of nitrogens with zero attached hydrogens (tertiary/aromatic N) is 5. The third-order valence-electron chi connectivity index (χ3n) is 6.49. The summed E-state index contributed by atoms with van der Waals surface area (Å²) in [4.78, 5) is 46.6. The number of aromatic amines is 1. The molecule has 0 saturated heterocycles. The minimum absolute atomic E-state index is 0.136. The van der Waals surface area contributed by atoms with Gasteiger partial charge in [-0.1, -0.05) is 48.0 Å². The van der Waals surface area contributed by atoms with Crippen molar-refractivity contribution in [1.82, 2.24) is 29.5 Å². The number of hydrogen-bond acceptors (Lipinski definition) is 8. The van der Waals surface area contributed by atoms with E-state index >= 15 is 0 Å². The summed E-state index contributed by atoms with van der Waals surface area (Å²) in [6.45, 7) is 1.86. The lowest BCUT2D eigenvalue weighted by Gasteiger charge is -2.24. The SMILES string of the molecule is C[C@H](Nc1ncnc2[nH]ccc(=O)c12)c1c(Cl)c2cccc(-c3cnc(N)nc3)c2c(=O)n1-c1ccccc1. The molecule has 0 spiro atoms. The van der Waals surface area contributed by atoms with Gasteiger partial charge in [0.2, 0.25) is 5.95 Å². The number of fused-ring (bicyclic) bond motifs is 2. The van der Waals surface area contributed by atoms with Crippen molar-refractivity contribution in [1.29, 1.82) is 0 Å². The Bertz CT molecular complexity index is 1970. The summed E-state index contributed by atoms with van der Waals surface area (Å²) in [5.41, 5.74) is 7.96. The van der Waals surface area contributed by atoms with Crippen LogP contribution in [0.4, 0.5) is 11.8 Å². The Hall–Kier alpha value is -5.09. The molecule has 4 aromatic heterocycles. The van der Waals surface area contributed by atoms with Crippen molar-refractivity contribution in [3.05, 3.63) is 111 Å². The molecular weight excluding hydrogens is 516 g/mol. The molecule has 6 aromatic rings. The standard InChI is InChI=1S/C28H21ClN8O2/c1-15(36-26-22-20(38)10-11-31-25(22)34-14-35-26)24-23(29)19-9-5-8-18(16-12-32-28(30)33-13-16)21(19)27(39)37(24)17-6-3-2-4-7-17/h2-15H,1H3,(H2,30,32,33)(H2,31,34,35,36,38)/t15-/m0/s1. The second kappa shape index (κ2) is 9.66. The molecule has 39 heavy (non-hydrogen) atoms. The molecule has 0 saturated carbocycles. The Balaban J connectivity index is 1.62. The number of aromatic nitrogens is 6. The number of nitrogens with two attached hydrogens (primary N) is 1. The fourth-order valence-corrected chi connectivity index (χ4v) is 5.15. The van der Waals surface area contributed by atoms with Gasteiger partial charge in [0.05, 0.1) is 22.1 Å². The summed E-state index contributed by atoms with van der Waals surface area (Å²) in [5.74, 6) is 0.460. The normalized spacial score (nSPS) is 12.1. The number of nitrogens with one attached hydrogen (secondary N) is 2. The van der Waals surface area contributed by atoms with Crippen molar-refractivity contribution in [3.63, 3.8) is 0 Å². The topological polar surface area (TPSA) is 144 Å². The minimum atomic E-state index is -0.545. The van der Waals surface area contributed by atoms with Gasteiger partial charge in [-0.15, -0.1) is 0 Å². The number of H-pyrrole nitrogens is 1. The van der Waals surface area contributed by atoms with Crippen LogP contribution in [0.15, 0.2) is 89.1 Å². The highest BCUT2D eigenvalue weighted by atomic mass is 35.5. The van der Waals surface area contributed by atoms with Gasteiger partial charge in [0.15, 0.2) is 5.43 Å². The van der Waals surface area contributed by atoms with E-state index in [1.54, 1.807) is 23.0 Å². The zero-order valence-corrected chi connectivity index (χ0v) is 21.3. The molecule has 11 heteroatoms. The van der Waals surface area contributed by atoms with Gasteiger partial charge in [0, 0.05) is 41.3 Å². The molecule has 1 atom stereocenters. The molecule has 4 N–H and O–H groups in total. The molecule has 0 bridgehead atoms. The van der Waals surface area contributed by atoms with Crippen LogP contribution >= 0.6 is 11.6 Å². The van der Waals surface area contributed by atoms with Crippen LogP contribution in [0.2, 0.25) is 5.02 Å². The van der Waals surface area contributed by atoms with Gasteiger partial charge in [-0.2, -0.15) is 0 Å². The van der Waals surface area contributed by atoms with Gasteiger partial charge in [0.25, 0.3) is 5.56 Å². The zero-order valence-electron chi connectivity index (χ0n) is 20.6. The van der Waals surface area contributed by atoms with E-state index in [2.05, 4.69) is 30.2 Å². The van der Waals surface area contributed by atoms with Crippen molar-refractivity contribution in [2.24, 2.45) is 0 Å². The van der Waals surface area contributed by atoms with Crippen LogP contribution in [0, 0.1) is 0 Å². The highest BCUT2D eigenvalue weighted by Gasteiger charge is 2.24. The van der Waals surface area contributed by atoms with E-state index in [1.807, 2.05) is 49.4 Å². The predicted octanol–water partition coefficient (Wildman–Crippen LogP) is 4.49. The van der Waals surface area contributed by atoms with E-state index in [0.717, 1.165) is 0 Å². The number of benzene rings is 2. The third kappa shape index (κ3) is 4.16. The number of anilines is 2. The second-order valence-corrected chi connectivity index (χ2v) is 9.27. The van der Waals surface area contributed by atoms with Crippen LogP contribution in [0.25, 0.3) is 38.6 Å². The Morgan fingerprint density at radius 1 is 0.949 bits per heavy atom. The van der Waals surface area contributed by atoms with Gasteiger partial charge in [0.1, 0.15) is 23.2 Å². The molecule has 4 heterocycles. The first-order chi connectivity index (χ1) is 18.9. The average Bonchev–Trinajstić information content (AvgIpc) is 2.95. The second-order valence-electron chi connectivity index (χ2n) is 8.89. The van der Waals surface area contributed by atoms with E-state index in [1.165, 1.54) is 18.6 Å². The third-order valence-corrected chi connectivity index (χ3v) is 6.89. The van der Waals surface area contributed by atoms with E-state index in [9.17, 15) is 9.59 Å². The number of para-hydroxylation sites is 1. The summed E-state index contributed by atoms with van der Waals surface area (Å²) in [7, 11) is 0. The summed E-state index contributed by atoms with van der Waals surface area (Å²) in [5, 5.41) is 4.95. The van der Waals surface area contributed by atoms with Gasteiger partial charge in [-0.25, -0.2) is 19.9 Å². The molecule has 2 aromatic carbocycles. The average molecular weight is 537 g/mol. The molecule has 6 rings (SSSR count). The van der Waals surface area contributed by atoms with Gasteiger partial charge in [-0.3, -0.25) is 14.2 Å². The van der Waals surface area contributed by atoms with Crippen LogP contribution in [-0.2, 0) is 0 Å². The minimum Gasteiger partial charge on any atom is -0.368 e. The van der Waals surface area contributed by atoms with Gasteiger partial charge >= 0.3 is 0 Å². The lowest BCUT2D eigenvalue weighted by molar-refractivity contribution is 0.774. The molecular formula is C28H21ClN8O2. The molecule has 0 fully saturated rings. The monoisotopic (exact) mass is 536 g/mol. The van der Waals surface area contributed by atoms with Crippen molar-refractivity contribution in [2.45, 2.75) is 13.0 Å². The molecule has 192 valence electrons. The molecule has 10 nitrogen and oxygen atoms in total. The van der Waals surface area contributed by atoms with Crippen LogP contribution in [0.5, 0.6) is 0 Å². The van der Waals surface area contributed by atoms with Gasteiger partial charge < -0.3 is 16.0 Å². The first kappa shape index (κ1) is 24.3. The summed E-state index contributed by atoms with van der Waals surface area (Å²) in [6, 6.07) is 15.5. The smallest absolute Gasteiger partial charge is 0.263 e. The van der Waals surface area contributed by atoms with Crippen LogP contribution < -0.4 is 22.0 Å². The molecule has 0 aliphatic heterocycles. The molecule has 0 amide bonds. The first-order valence-corrected chi connectivity index (χ1v) is 12.4. The molecule has 0 aliphatic rings. The van der Waals surface area contributed by atoms with Crippen molar-refractivity contribution >= 4 is 45.2 Å². The Labute approximate surface area is 226 Å². The van der Waals surface area contributed by atoms with E-state index in [-0.39, 0.29) is 16.9 Å². The maximum atomic E-state index is 14.3. The predicted molar refractivity (Wildman–Crippen MR) is 152 cm³/mol. The number of halogens is 1. The fourth-order valence-electron chi connectivity index (χ4n) is 4.75. The Morgan fingerprint density at radius 3 is 2.49 bits per heavy atom. The Morgan fingerprint density at radius 2 is 1.72 bits per heavy atom. The molecule has 0 aliphatic carbocycles. The van der Waals surface area contributed by atoms with Crippen molar-refractivity contribution in [2.75, 3.05) is 11.1 Å². The number of rotatable bonds is 5. The first-order valence-electron chi connectivity index (χ1n) is 12.0. The fraction of sp³-hybridized carbons (Fsp3) is 0.0714. The Kier molecular flexibility index (Phi) is 6.01. The molecule has 0 unspecified atom stereocenters. The van der Waals surface area contributed by atoms with Crippen LogP contribution in [-0.4, -0.2) is 29.5 Å². The highest BCUT2D eigenvalue weighted by Crippen LogP contribution is 2.36. The lowest BCUT2D eigenvalue weighted by atomic mass is 9.99. The van der Waals surface area contributed by atoms with E-state index in [4.69, 9.17) is 17.3 Å². The summed E-state index contributed by atoms with van der Waals surface area (Å²) >= 11 is 7.11. The number of pyridine rings is 2. The van der Waals surface area contributed by atoms with Crippen LogP contribution in [0.3, 0.4) is 0 Å². The lowest BCUT2D eigenvalue weighted by Crippen LogP contribution is -2.27. The largest absolute Gasteiger partial charge is 0.368 e. The van der Waals surface area contributed by atoms with Gasteiger partial charge in [-0.05, 0) is 24.6 Å². The zero-order chi connectivity index (χ0) is 27.1. The summed E-state index contributed by atoms with van der Waals surface area (Å²) in [6.07, 6.45) is 6.04. The number of hydrogen-bond donors (Lipinski definition) is 3. The van der Waals surface area contributed by atoms with Crippen molar-refractivity contribution < 1.29 is 0 Å². The van der Waals surface area contributed by atoms with Crippen LogP contribution in [0.1, 0.15) is 18.7 Å². The van der Waals surface area contributed by atoms with E-state index < -0.39 is 6.04 Å². The highest BCUT2D eigenvalue weighted by molar-refractivity contribution is 6.36. The maximum Gasteiger partial charge on any atom is 0.263 e. The molecule has 0 radical (unpaired) electrons. The number of nitrogen functional groups attached to an aromatic ring is 1. The quantitative estimate of drug-likeness (QED) is 0.292. The van der Waals surface area contributed by atoms with E-state index in [0.29, 0.717) is 55.2 Å². The maximum absolute atomic E-state index is 14.3. The van der Waals surface area contributed by atoms with Crippen molar-refractivity contribution in [3.8, 4) is 16.8 Å².